The van der Waals surface area contributed by atoms with Gasteiger partial charge in [-0.15, -0.1) is 0 Å². The molecule has 0 aliphatic carbocycles. The number of quaternary nitrogens is 2. The molecule has 0 aliphatic rings. The quantitative estimate of drug-likeness (QED) is 0.114. The van der Waals surface area contributed by atoms with Crippen LogP contribution in [-0.4, -0.2) is 53.2 Å². The summed E-state index contributed by atoms with van der Waals surface area (Å²) in [5.74, 6) is -4.37. The van der Waals surface area contributed by atoms with E-state index in [2.05, 4.69) is 103 Å². The monoisotopic (exact) mass is 584 g/mol. The second kappa shape index (κ2) is 23.8. The van der Waals surface area contributed by atoms with Crippen LogP contribution in [0.3, 0.4) is 0 Å². The molecule has 6 nitrogen and oxygen atoms in total. The van der Waals surface area contributed by atoms with Crippen LogP contribution in [0.2, 0.25) is 0 Å². The Labute approximate surface area is 257 Å². The molecule has 238 valence electrons. The highest BCUT2D eigenvalue weighted by atomic mass is 16.4. The van der Waals surface area contributed by atoms with Crippen molar-refractivity contribution in [3.05, 3.63) is 60.7 Å². The standard InChI is InChI=1S/2C17H30N.C2H2O4/c2*1-4-5-6-7-8-9-13-16-18(2,3)17-14-11-10-12-15-17;3-1(4)2(5)6/h2*10-12,14-15H,4-9,13,16H2,1-3H3;(H,3,4)(H,5,6)/q2*+1;/p-2. The Morgan fingerprint density at radius 1 is 0.476 bits per heavy atom. The van der Waals surface area contributed by atoms with Crippen molar-refractivity contribution in [2.45, 2.75) is 104 Å². The van der Waals surface area contributed by atoms with E-state index >= 15 is 0 Å². The minimum absolute atomic E-state index is 1.01. The third-order valence-corrected chi connectivity index (χ3v) is 7.72. The fourth-order valence-corrected chi connectivity index (χ4v) is 4.85. The first kappa shape index (κ1) is 39.3. The first-order valence-corrected chi connectivity index (χ1v) is 16.2. The van der Waals surface area contributed by atoms with Crippen molar-refractivity contribution >= 4 is 23.3 Å². The van der Waals surface area contributed by atoms with Crippen molar-refractivity contribution in [2.75, 3.05) is 41.3 Å². The van der Waals surface area contributed by atoms with Crippen LogP contribution < -0.4 is 19.2 Å². The minimum Gasteiger partial charge on any atom is -0.543 e. The summed E-state index contributed by atoms with van der Waals surface area (Å²) in [7, 11) is 9.25. The Balaban J connectivity index is 0.000000672. The van der Waals surface area contributed by atoms with Gasteiger partial charge in [-0.2, -0.15) is 0 Å². The number of carboxylic acids is 2. The van der Waals surface area contributed by atoms with Gasteiger partial charge >= 0.3 is 0 Å². The maximum atomic E-state index is 8.93. The molecule has 0 radical (unpaired) electrons. The van der Waals surface area contributed by atoms with Gasteiger partial charge in [0.25, 0.3) is 0 Å². The molecule has 0 aliphatic heterocycles. The summed E-state index contributed by atoms with van der Waals surface area (Å²) in [6, 6.07) is 21.7. The largest absolute Gasteiger partial charge is 0.543 e. The van der Waals surface area contributed by atoms with E-state index in [0.29, 0.717) is 0 Å². The lowest BCUT2D eigenvalue weighted by Gasteiger charge is -2.29. The number of carbonyl (C=O) groups is 2. The van der Waals surface area contributed by atoms with Gasteiger partial charge in [0.2, 0.25) is 0 Å². The van der Waals surface area contributed by atoms with Crippen molar-refractivity contribution in [3.8, 4) is 0 Å². The molecule has 0 unspecified atom stereocenters. The average Bonchev–Trinajstić information content (AvgIpc) is 2.98. The van der Waals surface area contributed by atoms with Crippen molar-refractivity contribution in [1.29, 1.82) is 0 Å². The van der Waals surface area contributed by atoms with E-state index in [4.69, 9.17) is 19.8 Å². The molecule has 0 atom stereocenters. The molecule has 0 spiro atoms. The molecule has 0 aromatic heterocycles. The Hall–Kier alpha value is -2.70. The number of para-hydroxylation sites is 2. The van der Waals surface area contributed by atoms with Crippen LogP contribution in [0.15, 0.2) is 60.7 Å². The van der Waals surface area contributed by atoms with Crippen molar-refractivity contribution in [3.63, 3.8) is 0 Å². The van der Waals surface area contributed by atoms with E-state index in [1.165, 1.54) is 114 Å². The van der Waals surface area contributed by atoms with E-state index in [1.54, 1.807) is 0 Å². The molecule has 0 amide bonds. The Morgan fingerprint density at radius 3 is 1.00 bits per heavy atom. The molecule has 42 heavy (non-hydrogen) atoms. The molecular formula is C36H60N2O4. The van der Waals surface area contributed by atoms with Gasteiger partial charge < -0.3 is 19.8 Å². The molecule has 0 saturated heterocycles. The van der Waals surface area contributed by atoms with Crippen LogP contribution in [0, 0.1) is 0 Å². The molecule has 2 rings (SSSR count). The Morgan fingerprint density at radius 2 is 0.738 bits per heavy atom. The molecule has 2 aromatic rings. The summed E-state index contributed by atoms with van der Waals surface area (Å²) in [5, 5.41) is 17.9. The molecule has 0 heterocycles. The first-order chi connectivity index (χ1) is 20.0. The van der Waals surface area contributed by atoms with Gasteiger partial charge in [-0.05, 0) is 49.9 Å². The summed E-state index contributed by atoms with van der Waals surface area (Å²) >= 11 is 0. The van der Waals surface area contributed by atoms with E-state index < -0.39 is 11.9 Å². The molecule has 2 aromatic carbocycles. The Kier molecular flexibility index (Phi) is 22.3. The number of hydrogen-bond donors (Lipinski definition) is 0. The summed E-state index contributed by atoms with van der Waals surface area (Å²) < 4.78 is 2.02. The van der Waals surface area contributed by atoms with Crippen molar-refractivity contribution < 1.29 is 19.8 Å². The number of carboxylic acid groups (broad SMARTS) is 2. The summed E-state index contributed by atoms with van der Waals surface area (Å²) in [6.45, 7) is 7.05. The van der Waals surface area contributed by atoms with E-state index in [1.807, 2.05) is 0 Å². The number of unbranched alkanes of at least 4 members (excludes halogenated alkanes) is 12. The number of rotatable bonds is 18. The predicted molar refractivity (Wildman–Crippen MR) is 176 cm³/mol. The number of hydrogen-bond acceptors (Lipinski definition) is 4. The van der Waals surface area contributed by atoms with Crippen LogP contribution >= 0.6 is 0 Å². The highest BCUT2D eigenvalue weighted by Crippen LogP contribution is 2.20. The van der Waals surface area contributed by atoms with Gasteiger partial charge in [0, 0.05) is 0 Å². The average molecular weight is 585 g/mol. The summed E-state index contributed by atoms with van der Waals surface area (Å²) in [6.07, 6.45) is 19.5. The zero-order valence-electron chi connectivity index (χ0n) is 27.6. The predicted octanol–water partition coefficient (Wildman–Crippen LogP) is 6.49. The lowest BCUT2D eigenvalue weighted by atomic mass is 10.1. The van der Waals surface area contributed by atoms with E-state index in [9.17, 15) is 0 Å². The van der Waals surface area contributed by atoms with Crippen molar-refractivity contribution in [2.24, 2.45) is 0 Å². The Bertz CT molecular complexity index is 852. The third-order valence-electron chi connectivity index (χ3n) is 7.72. The topological polar surface area (TPSA) is 80.3 Å². The summed E-state index contributed by atoms with van der Waals surface area (Å²) in [5.41, 5.74) is 2.84. The minimum atomic E-state index is -2.19. The van der Waals surface area contributed by atoms with Gasteiger partial charge in [0.15, 0.2) is 0 Å². The van der Waals surface area contributed by atoms with Crippen LogP contribution in [0.25, 0.3) is 0 Å². The SMILES string of the molecule is CCCCCCCCC[N+](C)(C)c1ccccc1.CCCCCCCCC[N+](C)(C)c1ccccc1.O=C([O-])C(=O)[O-]. The molecule has 0 saturated carbocycles. The lowest BCUT2D eigenvalue weighted by molar-refractivity contribution is -0.345. The van der Waals surface area contributed by atoms with Gasteiger partial charge in [0.1, 0.15) is 11.4 Å². The maximum absolute atomic E-state index is 8.93. The van der Waals surface area contributed by atoms with Crippen LogP contribution in [-0.2, 0) is 9.59 Å². The fraction of sp³-hybridized carbons (Fsp3) is 0.611. The van der Waals surface area contributed by atoms with Crippen LogP contribution in [0.5, 0.6) is 0 Å². The fourth-order valence-electron chi connectivity index (χ4n) is 4.85. The van der Waals surface area contributed by atoms with E-state index in [0.717, 1.165) is 8.97 Å². The molecule has 0 N–H and O–H groups in total. The highest BCUT2D eigenvalue weighted by Gasteiger charge is 2.18. The first-order valence-electron chi connectivity index (χ1n) is 16.2. The van der Waals surface area contributed by atoms with Gasteiger partial charge in [0.05, 0.1) is 53.2 Å². The number of carbonyl (C=O) groups excluding carboxylic acids is 2. The molecule has 0 bridgehead atoms. The number of nitrogens with zero attached hydrogens (tertiary/aromatic N) is 2. The summed E-state index contributed by atoms with van der Waals surface area (Å²) in [4.78, 5) is 17.9. The van der Waals surface area contributed by atoms with Gasteiger partial charge in [-0.25, -0.2) is 0 Å². The molecular weight excluding hydrogens is 524 g/mol. The smallest absolute Gasteiger partial charge is 0.132 e. The zero-order valence-corrected chi connectivity index (χ0v) is 27.6. The highest BCUT2D eigenvalue weighted by molar-refractivity contribution is 6.25. The molecule has 0 fully saturated rings. The van der Waals surface area contributed by atoms with E-state index in [-0.39, 0.29) is 0 Å². The number of benzene rings is 2. The van der Waals surface area contributed by atoms with Crippen LogP contribution in [0.4, 0.5) is 11.4 Å². The normalized spacial score (nSPS) is 11.1. The maximum Gasteiger partial charge on any atom is 0.132 e. The van der Waals surface area contributed by atoms with Gasteiger partial charge in [-0.1, -0.05) is 114 Å². The van der Waals surface area contributed by atoms with Crippen molar-refractivity contribution in [1.82, 2.24) is 8.97 Å². The third kappa shape index (κ3) is 20.2. The van der Waals surface area contributed by atoms with Gasteiger partial charge in [-0.3, -0.25) is 8.97 Å². The van der Waals surface area contributed by atoms with Crippen LogP contribution in [0.1, 0.15) is 104 Å². The second-order valence-corrected chi connectivity index (χ2v) is 12.3. The lowest BCUT2D eigenvalue weighted by Crippen LogP contribution is -2.42. The molecule has 6 heteroatoms. The zero-order chi connectivity index (χ0) is 31.7. The number of aliphatic carboxylic acids is 2. The second-order valence-electron chi connectivity index (χ2n) is 12.3.